The standard InChI is InChI=1S/C17H19N5O3S/c1-10(23)19-17-21-13-6-7-22(8-14(13)26-17)9-15(24)20-12-4-2-11(3-5-12)16(18)25/h2-5H,6-9H2,1H3,(H2,18,25)(H,20,24)(H,19,21,23). The lowest BCUT2D eigenvalue weighted by atomic mass is 10.2. The van der Waals surface area contributed by atoms with Crippen LogP contribution in [0.5, 0.6) is 0 Å². The zero-order valence-electron chi connectivity index (χ0n) is 14.2. The number of primary amides is 1. The van der Waals surface area contributed by atoms with Gasteiger partial charge in [0.05, 0.1) is 12.2 Å². The van der Waals surface area contributed by atoms with Crippen molar-refractivity contribution in [3.8, 4) is 0 Å². The van der Waals surface area contributed by atoms with Gasteiger partial charge in [0.15, 0.2) is 5.13 Å². The molecule has 0 unspecified atom stereocenters. The fourth-order valence-corrected chi connectivity index (χ4v) is 3.81. The molecule has 9 heteroatoms. The fourth-order valence-electron chi connectivity index (χ4n) is 2.71. The minimum absolute atomic E-state index is 0.133. The third-order valence-corrected chi connectivity index (χ3v) is 4.91. The first-order valence-corrected chi connectivity index (χ1v) is 8.90. The molecule has 0 fully saturated rings. The van der Waals surface area contributed by atoms with Crippen molar-refractivity contribution in [1.82, 2.24) is 9.88 Å². The van der Waals surface area contributed by atoms with Crippen molar-refractivity contribution in [2.45, 2.75) is 19.9 Å². The normalized spacial score (nSPS) is 13.7. The first kappa shape index (κ1) is 18.0. The Morgan fingerprint density at radius 1 is 1.23 bits per heavy atom. The largest absolute Gasteiger partial charge is 0.366 e. The highest BCUT2D eigenvalue weighted by atomic mass is 32.1. The summed E-state index contributed by atoms with van der Waals surface area (Å²) in [5.41, 5.74) is 7.19. The molecule has 0 bridgehead atoms. The van der Waals surface area contributed by atoms with E-state index in [0.717, 1.165) is 23.5 Å². The second-order valence-electron chi connectivity index (χ2n) is 6.02. The van der Waals surface area contributed by atoms with E-state index in [-0.39, 0.29) is 18.4 Å². The number of hydrogen-bond donors (Lipinski definition) is 3. The lowest BCUT2D eigenvalue weighted by molar-refractivity contribution is -0.117. The van der Waals surface area contributed by atoms with Gasteiger partial charge in [-0.05, 0) is 24.3 Å². The number of anilines is 2. The Hall–Kier alpha value is -2.78. The summed E-state index contributed by atoms with van der Waals surface area (Å²) in [6, 6.07) is 6.45. The van der Waals surface area contributed by atoms with E-state index >= 15 is 0 Å². The van der Waals surface area contributed by atoms with Crippen LogP contribution in [0.1, 0.15) is 27.9 Å². The van der Waals surface area contributed by atoms with Crippen LogP contribution in [0.15, 0.2) is 24.3 Å². The van der Waals surface area contributed by atoms with E-state index in [1.54, 1.807) is 24.3 Å². The molecule has 0 saturated heterocycles. The molecule has 1 aromatic heterocycles. The van der Waals surface area contributed by atoms with Crippen LogP contribution in [-0.2, 0) is 22.6 Å². The van der Waals surface area contributed by atoms with Gasteiger partial charge in [0.2, 0.25) is 17.7 Å². The fraction of sp³-hybridized carbons (Fsp3) is 0.294. The van der Waals surface area contributed by atoms with E-state index in [0.29, 0.717) is 22.9 Å². The second-order valence-corrected chi connectivity index (χ2v) is 7.10. The van der Waals surface area contributed by atoms with Crippen LogP contribution in [0.3, 0.4) is 0 Å². The molecule has 1 aliphatic rings. The van der Waals surface area contributed by atoms with Gasteiger partial charge in [-0.1, -0.05) is 0 Å². The molecule has 26 heavy (non-hydrogen) atoms. The molecule has 1 aliphatic heterocycles. The van der Waals surface area contributed by atoms with E-state index in [1.807, 2.05) is 4.90 Å². The smallest absolute Gasteiger partial charge is 0.248 e. The maximum absolute atomic E-state index is 12.2. The summed E-state index contributed by atoms with van der Waals surface area (Å²) in [6.45, 7) is 3.06. The summed E-state index contributed by atoms with van der Waals surface area (Å²) >= 11 is 1.44. The van der Waals surface area contributed by atoms with Gasteiger partial charge in [-0.25, -0.2) is 4.98 Å². The van der Waals surface area contributed by atoms with E-state index < -0.39 is 5.91 Å². The van der Waals surface area contributed by atoms with Gasteiger partial charge in [-0.3, -0.25) is 19.3 Å². The first-order chi connectivity index (χ1) is 12.4. The van der Waals surface area contributed by atoms with Crippen LogP contribution in [0.25, 0.3) is 0 Å². The lowest BCUT2D eigenvalue weighted by Gasteiger charge is -2.25. The van der Waals surface area contributed by atoms with Crippen LogP contribution in [0.2, 0.25) is 0 Å². The Bertz CT molecular complexity index is 847. The number of thiazole rings is 1. The average Bonchev–Trinajstić information content (AvgIpc) is 2.95. The zero-order chi connectivity index (χ0) is 18.7. The van der Waals surface area contributed by atoms with Crippen molar-refractivity contribution >= 4 is 39.9 Å². The molecule has 2 heterocycles. The number of carbonyl (C=O) groups is 3. The number of nitrogens with zero attached hydrogens (tertiary/aromatic N) is 2. The highest BCUT2D eigenvalue weighted by molar-refractivity contribution is 7.15. The van der Waals surface area contributed by atoms with Crippen molar-refractivity contribution in [2.75, 3.05) is 23.7 Å². The van der Waals surface area contributed by atoms with Crippen molar-refractivity contribution < 1.29 is 14.4 Å². The molecule has 0 atom stereocenters. The third-order valence-electron chi connectivity index (χ3n) is 3.91. The van der Waals surface area contributed by atoms with Crippen LogP contribution in [0, 0.1) is 0 Å². The van der Waals surface area contributed by atoms with Crippen molar-refractivity contribution in [1.29, 1.82) is 0 Å². The summed E-state index contributed by atoms with van der Waals surface area (Å²) in [6.07, 6.45) is 0.742. The summed E-state index contributed by atoms with van der Waals surface area (Å²) in [7, 11) is 0. The Morgan fingerprint density at radius 3 is 2.62 bits per heavy atom. The van der Waals surface area contributed by atoms with Crippen LogP contribution < -0.4 is 16.4 Å². The van der Waals surface area contributed by atoms with Crippen molar-refractivity contribution in [3.63, 3.8) is 0 Å². The lowest BCUT2D eigenvalue weighted by Crippen LogP contribution is -2.36. The average molecular weight is 373 g/mol. The molecular weight excluding hydrogens is 354 g/mol. The number of amides is 3. The number of rotatable bonds is 5. The number of nitrogens with two attached hydrogens (primary N) is 1. The number of hydrogen-bond acceptors (Lipinski definition) is 6. The Balaban J connectivity index is 1.56. The Kier molecular flexibility index (Phi) is 5.29. The second kappa shape index (κ2) is 7.63. The minimum Gasteiger partial charge on any atom is -0.366 e. The van der Waals surface area contributed by atoms with Gasteiger partial charge >= 0.3 is 0 Å². The van der Waals surface area contributed by atoms with Crippen molar-refractivity contribution in [2.24, 2.45) is 5.73 Å². The number of carbonyl (C=O) groups excluding carboxylic acids is 3. The topological polar surface area (TPSA) is 117 Å². The molecule has 0 radical (unpaired) electrons. The number of fused-ring (bicyclic) bond motifs is 1. The molecule has 136 valence electrons. The van der Waals surface area contributed by atoms with Crippen LogP contribution in [-0.4, -0.2) is 40.7 Å². The molecular formula is C17H19N5O3S. The van der Waals surface area contributed by atoms with Gasteiger partial charge < -0.3 is 16.4 Å². The van der Waals surface area contributed by atoms with Gasteiger partial charge in [-0.2, -0.15) is 0 Å². The van der Waals surface area contributed by atoms with Crippen molar-refractivity contribution in [3.05, 3.63) is 40.4 Å². The molecule has 0 saturated carbocycles. The highest BCUT2D eigenvalue weighted by Crippen LogP contribution is 2.28. The van der Waals surface area contributed by atoms with Crippen LogP contribution in [0.4, 0.5) is 10.8 Å². The molecule has 3 amide bonds. The molecule has 0 aliphatic carbocycles. The predicted molar refractivity (Wildman–Crippen MR) is 99.0 cm³/mol. The number of benzene rings is 1. The maximum Gasteiger partial charge on any atom is 0.248 e. The molecule has 2 aromatic rings. The predicted octanol–water partition coefficient (Wildman–Crippen LogP) is 1.20. The number of nitrogens with one attached hydrogen (secondary N) is 2. The quantitative estimate of drug-likeness (QED) is 0.728. The molecule has 8 nitrogen and oxygen atoms in total. The SMILES string of the molecule is CC(=O)Nc1nc2c(s1)CN(CC(=O)Nc1ccc(C(N)=O)cc1)CC2. The summed E-state index contributed by atoms with van der Waals surface area (Å²) in [5, 5.41) is 6.11. The molecule has 4 N–H and O–H groups in total. The molecule has 1 aromatic carbocycles. The maximum atomic E-state index is 12.2. The van der Waals surface area contributed by atoms with Crippen LogP contribution >= 0.6 is 11.3 Å². The van der Waals surface area contributed by atoms with Gasteiger partial charge in [-0.15, -0.1) is 11.3 Å². The van der Waals surface area contributed by atoms with E-state index in [2.05, 4.69) is 15.6 Å². The summed E-state index contributed by atoms with van der Waals surface area (Å²) in [4.78, 5) is 42.0. The first-order valence-electron chi connectivity index (χ1n) is 8.09. The van der Waals surface area contributed by atoms with E-state index in [4.69, 9.17) is 5.73 Å². The Labute approximate surface area is 154 Å². The monoisotopic (exact) mass is 373 g/mol. The minimum atomic E-state index is -0.504. The molecule has 3 rings (SSSR count). The van der Waals surface area contributed by atoms with E-state index in [1.165, 1.54) is 18.3 Å². The Morgan fingerprint density at radius 2 is 1.96 bits per heavy atom. The summed E-state index contributed by atoms with van der Waals surface area (Å²) < 4.78 is 0. The van der Waals surface area contributed by atoms with Gasteiger partial charge in [0.1, 0.15) is 0 Å². The summed E-state index contributed by atoms with van der Waals surface area (Å²) in [5.74, 6) is -0.781. The van der Waals surface area contributed by atoms with Gasteiger partial charge in [0.25, 0.3) is 0 Å². The van der Waals surface area contributed by atoms with E-state index in [9.17, 15) is 14.4 Å². The third kappa shape index (κ3) is 4.44. The van der Waals surface area contributed by atoms with Gasteiger partial charge in [0, 0.05) is 42.6 Å². The zero-order valence-corrected chi connectivity index (χ0v) is 15.1. The number of aromatic nitrogens is 1. The molecule has 0 spiro atoms. The highest BCUT2D eigenvalue weighted by Gasteiger charge is 2.22.